The molecule has 13 aromatic rings. The molecule has 0 bridgehead atoms. The standard InChI is InChI=1S/C59H36N4S.C2H6/c1-3-12-37(13-4-1)39-22-26-43(27-23-39)57-60-58(44-28-24-40(25-29-44)38-14-5-2-6-15-38)62-59(61-57)63-51-33-30-41-16-7-9-18-46(41)54(51)49-21-11-20-48(56(49)63)45-32-34-52-50(36-45)55-47-19-10-8-17-42(47)31-35-53(55)64-52;1-2/h1-36H;1-2H3. The average molecular weight is 863 g/mol. The summed E-state index contributed by atoms with van der Waals surface area (Å²) in [5.41, 5.74) is 10.8. The van der Waals surface area contributed by atoms with Gasteiger partial charge in [-0.1, -0.05) is 208 Å². The molecule has 3 aromatic heterocycles. The van der Waals surface area contributed by atoms with Crippen LogP contribution in [0.4, 0.5) is 0 Å². The molecule has 4 nitrogen and oxygen atoms in total. The van der Waals surface area contributed by atoms with Gasteiger partial charge in [0.15, 0.2) is 11.6 Å². The van der Waals surface area contributed by atoms with Crippen molar-refractivity contribution in [3.63, 3.8) is 0 Å². The van der Waals surface area contributed by atoms with Gasteiger partial charge >= 0.3 is 0 Å². The van der Waals surface area contributed by atoms with E-state index in [4.69, 9.17) is 15.0 Å². The zero-order valence-electron chi connectivity index (χ0n) is 36.5. The molecule has 0 radical (unpaired) electrons. The smallest absolute Gasteiger partial charge is 0.238 e. The van der Waals surface area contributed by atoms with E-state index in [-0.39, 0.29) is 0 Å². The maximum absolute atomic E-state index is 5.41. The fraction of sp³-hybridized carbons (Fsp3) is 0.0328. The van der Waals surface area contributed by atoms with Crippen molar-refractivity contribution in [2.24, 2.45) is 0 Å². The lowest BCUT2D eigenvalue weighted by atomic mass is 9.97. The highest BCUT2D eigenvalue weighted by atomic mass is 32.1. The Morgan fingerprint density at radius 3 is 1.45 bits per heavy atom. The molecule has 66 heavy (non-hydrogen) atoms. The highest BCUT2D eigenvalue weighted by Gasteiger charge is 2.23. The van der Waals surface area contributed by atoms with Crippen LogP contribution in [0.2, 0.25) is 0 Å². The van der Waals surface area contributed by atoms with Crippen molar-refractivity contribution in [3.8, 4) is 62.1 Å². The van der Waals surface area contributed by atoms with Crippen LogP contribution in [-0.2, 0) is 0 Å². The van der Waals surface area contributed by atoms with Crippen molar-refractivity contribution in [2.75, 3.05) is 0 Å². The fourth-order valence-corrected chi connectivity index (χ4v) is 10.7. The average Bonchev–Trinajstić information content (AvgIpc) is 3.96. The first-order chi connectivity index (χ1) is 32.7. The molecule has 0 spiro atoms. The third kappa shape index (κ3) is 6.63. The van der Waals surface area contributed by atoms with Gasteiger partial charge in [-0.2, -0.15) is 9.97 Å². The van der Waals surface area contributed by atoms with Crippen LogP contribution in [0.3, 0.4) is 0 Å². The molecule has 0 fully saturated rings. The molecule has 0 aliphatic carbocycles. The Hall–Kier alpha value is -8.25. The highest BCUT2D eigenvalue weighted by molar-refractivity contribution is 7.26. The topological polar surface area (TPSA) is 43.6 Å². The second-order valence-electron chi connectivity index (χ2n) is 16.4. The summed E-state index contributed by atoms with van der Waals surface area (Å²) in [4.78, 5) is 16.1. The van der Waals surface area contributed by atoms with Crippen molar-refractivity contribution in [3.05, 3.63) is 218 Å². The lowest BCUT2D eigenvalue weighted by Crippen LogP contribution is -2.07. The number of hydrogen-bond acceptors (Lipinski definition) is 4. The Balaban J connectivity index is 0.00000225. The number of benzene rings is 10. The van der Waals surface area contributed by atoms with Gasteiger partial charge in [0.2, 0.25) is 5.95 Å². The van der Waals surface area contributed by atoms with E-state index in [0.717, 1.165) is 60.9 Å². The summed E-state index contributed by atoms with van der Waals surface area (Å²) in [5.74, 6) is 1.78. The molecule has 0 aliphatic heterocycles. The van der Waals surface area contributed by atoms with Crippen LogP contribution in [0, 0.1) is 0 Å². The predicted octanol–water partition coefficient (Wildman–Crippen LogP) is 17.0. The van der Waals surface area contributed by atoms with Gasteiger partial charge in [0, 0.05) is 47.6 Å². The molecular weight excluding hydrogens is 821 g/mol. The van der Waals surface area contributed by atoms with Crippen molar-refractivity contribution in [1.82, 2.24) is 19.5 Å². The van der Waals surface area contributed by atoms with Gasteiger partial charge in [0.1, 0.15) is 0 Å². The minimum Gasteiger partial charge on any atom is -0.277 e. The summed E-state index contributed by atoms with van der Waals surface area (Å²) in [6, 6.07) is 78.0. The summed E-state index contributed by atoms with van der Waals surface area (Å²) in [6.07, 6.45) is 0. The van der Waals surface area contributed by atoms with Crippen molar-refractivity contribution >= 4 is 74.9 Å². The molecule has 0 saturated carbocycles. The summed E-state index contributed by atoms with van der Waals surface area (Å²) in [5, 5.41) is 9.80. The molecule has 0 atom stereocenters. The van der Waals surface area contributed by atoms with Crippen LogP contribution in [0.1, 0.15) is 13.8 Å². The fourth-order valence-electron chi connectivity index (χ4n) is 9.60. The molecule has 5 heteroatoms. The van der Waals surface area contributed by atoms with Crippen molar-refractivity contribution in [2.45, 2.75) is 13.8 Å². The van der Waals surface area contributed by atoms with E-state index in [1.165, 1.54) is 47.1 Å². The number of aromatic nitrogens is 4. The molecular formula is C61H42N4S. The molecule has 3 heterocycles. The molecule has 0 N–H and O–H groups in total. The number of nitrogens with zero attached hydrogens (tertiary/aromatic N) is 4. The SMILES string of the molecule is CC.c1ccc(-c2ccc(-c3nc(-c4ccc(-c5ccccc5)cc4)nc(-n4c5ccc6ccccc6c5c5cccc(-c6ccc7sc8ccc9ccccc9c8c7c6)c54)n3)cc2)cc1. The summed E-state index contributed by atoms with van der Waals surface area (Å²) in [7, 11) is 0. The Morgan fingerprint density at radius 1 is 0.348 bits per heavy atom. The molecule has 0 unspecified atom stereocenters. The van der Waals surface area contributed by atoms with Gasteiger partial charge in [0.05, 0.1) is 11.0 Å². The van der Waals surface area contributed by atoms with Crippen LogP contribution >= 0.6 is 11.3 Å². The number of thiophene rings is 1. The zero-order valence-corrected chi connectivity index (χ0v) is 37.3. The van der Waals surface area contributed by atoms with Crippen LogP contribution in [0.25, 0.3) is 126 Å². The lowest BCUT2D eigenvalue weighted by Gasteiger charge is -2.13. The Labute approximate surface area is 386 Å². The number of fused-ring (bicyclic) bond motifs is 10. The third-order valence-electron chi connectivity index (χ3n) is 12.7. The van der Waals surface area contributed by atoms with Gasteiger partial charge in [-0.15, -0.1) is 11.3 Å². The van der Waals surface area contributed by atoms with E-state index < -0.39 is 0 Å². The summed E-state index contributed by atoms with van der Waals surface area (Å²) < 4.78 is 4.85. The van der Waals surface area contributed by atoms with E-state index in [1.807, 2.05) is 37.3 Å². The first kappa shape index (κ1) is 39.3. The highest BCUT2D eigenvalue weighted by Crippen LogP contribution is 2.44. The first-order valence-electron chi connectivity index (χ1n) is 22.6. The maximum atomic E-state index is 5.41. The Kier molecular flexibility index (Phi) is 9.77. The molecule has 312 valence electrons. The number of para-hydroxylation sites is 1. The zero-order chi connectivity index (χ0) is 44.1. The van der Waals surface area contributed by atoms with Gasteiger partial charge < -0.3 is 0 Å². The monoisotopic (exact) mass is 862 g/mol. The van der Waals surface area contributed by atoms with Crippen LogP contribution in [0.15, 0.2) is 218 Å². The van der Waals surface area contributed by atoms with E-state index in [9.17, 15) is 0 Å². The quantitative estimate of drug-likeness (QED) is 0.167. The largest absolute Gasteiger partial charge is 0.277 e. The van der Waals surface area contributed by atoms with Gasteiger partial charge in [-0.25, -0.2) is 4.98 Å². The molecule has 0 saturated heterocycles. The van der Waals surface area contributed by atoms with E-state index in [2.05, 4.69) is 211 Å². The van der Waals surface area contributed by atoms with Crippen LogP contribution in [0.5, 0.6) is 0 Å². The van der Waals surface area contributed by atoms with Gasteiger partial charge in [0.25, 0.3) is 0 Å². The number of hydrogen-bond donors (Lipinski definition) is 0. The predicted molar refractivity (Wildman–Crippen MR) is 281 cm³/mol. The van der Waals surface area contributed by atoms with E-state index in [1.54, 1.807) is 0 Å². The third-order valence-corrected chi connectivity index (χ3v) is 13.8. The molecule has 0 amide bonds. The first-order valence-corrected chi connectivity index (χ1v) is 23.4. The normalized spacial score (nSPS) is 11.5. The van der Waals surface area contributed by atoms with E-state index >= 15 is 0 Å². The molecule has 0 aliphatic rings. The minimum absolute atomic E-state index is 0.565. The number of rotatable bonds is 6. The van der Waals surface area contributed by atoms with Crippen molar-refractivity contribution < 1.29 is 0 Å². The summed E-state index contributed by atoms with van der Waals surface area (Å²) >= 11 is 1.86. The molecule has 10 aromatic carbocycles. The van der Waals surface area contributed by atoms with Crippen molar-refractivity contribution in [1.29, 1.82) is 0 Å². The second-order valence-corrected chi connectivity index (χ2v) is 17.4. The Bertz CT molecular complexity index is 3830. The lowest BCUT2D eigenvalue weighted by molar-refractivity contribution is 0.954. The van der Waals surface area contributed by atoms with Gasteiger partial charge in [-0.05, 0) is 73.6 Å². The van der Waals surface area contributed by atoms with E-state index in [0.29, 0.717) is 17.6 Å². The maximum Gasteiger partial charge on any atom is 0.238 e. The minimum atomic E-state index is 0.565. The van der Waals surface area contributed by atoms with Gasteiger partial charge in [-0.3, -0.25) is 4.57 Å². The summed E-state index contributed by atoms with van der Waals surface area (Å²) in [6.45, 7) is 4.00. The van der Waals surface area contributed by atoms with Crippen LogP contribution in [-0.4, -0.2) is 19.5 Å². The Morgan fingerprint density at radius 2 is 0.833 bits per heavy atom. The molecule has 13 rings (SSSR count). The second kappa shape index (κ2) is 16.4. The van der Waals surface area contributed by atoms with Crippen LogP contribution < -0.4 is 0 Å².